The van der Waals surface area contributed by atoms with Crippen LogP contribution in [0.25, 0.3) is 0 Å². The van der Waals surface area contributed by atoms with E-state index in [4.69, 9.17) is 0 Å². The fourth-order valence-corrected chi connectivity index (χ4v) is 2.29. The maximum absolute atomic E-state index is 4.01. The molecule has 1 aromatic rings. The zero-order chi connectivity index (χ0) is 12.8. The van der Waals surface area contributed by atoms with E-state index in [1.807, 2.05) is 0 Å². The highest BCUT2D eigenvalue weighted by atomic mass is 15.1. The number of hydrogen-bond donors (Lipinski definition) is 1. The number of piperidine rings is 1. The van der Waals surface area contributed by atoms with Gasteiger partial charge in [-0.2, -0.15) is 0 Å². The molecule has 1 saturated heterocycles. The summed E-state index contributed by atoms with van der Waals surface area (Å²) < 4.78 is 0. The standard InChI is InChI=1S/C16H24N2/c1-3-14(2)13-17-15-7-9-16(10-8-15)18-11-5-4-6-12-18/h7-10,17H,2-6,11-13H2,1H3. The Morgan fingerprint density at radius 3 is 2.44 bits per heavy atom. The molecule has 0 amide bonds. The Kier molecular flexibility index (Phi) is 4.68. The van der Waals surface area contributed by atoms with E-state index in [0.29, 0.717) is 0 Å². The van der Waals surface area contributed by atoms with Crippen LogP contribution in [0, 0.1) is 0 Å². The lowest BCUT2D eigenvalue weighted by atomic mass is 10.1. The van der Waals surface area contributed by atoms with Crippen molar-refractivity contribution in [1.82, 2.24) is 0 Å². The van der Waals surface area contributed by atoms with Crippen LogP contribution in [0.4, 0.5) is 11.4 Å². The zero-order valence-corrected chi connectivity index (χ0v) is 11.4. The quantitative estimate of drug-likeness (QED) is 0.786. The second-order valence-electron chi connectivity index (χ2n) is 5.05. The number of nitrogens with one attached hydrogen (secondary N) is 1. The molecule has 1 aromatic carbocycles. The van der Waals surface area contributed by atoms with E-state index < -0.39 is 0 Å². The van der Waals surface area contributed by atoms with Crippen LogP contribution < -0.4 is 10.2 Å². The lowest BCUT2D eigenvalue weighted by Crippen LogP contribution is -2.29. The summed E-state index contributed by atoms with van der Waals surface area (Å²) in [7, 11) is 0. The van der Waals surface area contributed by atoms with Gasteiger partial charge in [-0.25, -0.2) is 0 Å². The molecule has 1 aliphatic heterocycles. The second-order valence-corrected chi connectivity index (χ2v) is 5.05. The van der Waals surface area contributed by atoms with Crippen LogP contribution >= 0.6 is 0 Å². The third-order valence-electron chi connectivity index (χ3n) is 3.63. The molecular weight excluding hydrogens is 220 g/mol. The van der Waals surface area contributed by atoms with E-state index in [1.54, 1.807) is 0 Å². The lowest BCUT2D eigenvalue weighted by molar-refractivity contribution is 0.578. The summed E-state index contributed by atoms with van der Waals surface area (Å²) in [6.45, 7) is 9.44. The minimum absolute atomic E-state index is 0.875. The summed E-state index contributed by atoms with van der Waals surface area (Å²) in [5.41, 5.74) is 3.79. The van der Waals surface area contributed by atoms with E-state index in [-0.39, 0.29) is 0 Å². The van der Waals surface area contributed by atoms with Crippen molar-refractivity contribution in [2.75, 3.05) is 29.9 Å². The topological polar surface area (TPSA) is 15.3 Å². The molecule has 1 heterocycles. The summed E-state index contributed by atoms with van der Waals surface area (Å²) in [5, 5.41) is 3.41. The van der Waals surface area contributed by atoms with Gasteiger partial charge in [0.15, 0.2) is 0 Å². The number of rotatable bonds is 5. The first-order chi connectivity index (χ1) is 8.79. The monoisotopic (exact) mass is 244 g/mol. The molecule has 18 heavy (non-hydrogen) atoms. The van der Waals surface area contributed by atoms with Gasteiger partial charge in [-0.1, -0.05) is 19.1 Å². The van der Waals surface area contributed by atoms with Crippen molar-refractivity contribution >= 4 is 11.4 Å². The van der Waals surface area contributed by atoms with Crippen LogP contribution in [0.2, 0.25) is 0 Å². The Morgan fingerprint density at radius 1 is 1.17 bits per heavy atom. The summed E-state index contributed by atoms with van der Waals surface area (Å²) in [5.74, 6) is 0. The maximum atomic E-state index is 4.01. The molecule has 0 spiro atoms. The smallest absolute Gasteiger partial charge is 0.0367 e. The van der Waals surface area contributed by atoms with Crippen molar-refractivity contribution in [3.8, 4) is 0 Å². The molecule has 0 radical (unpaired) electrons. The first-order valence-corrected chi connectivity index (χ1v) is 7.05. The molecule has 0 saturated carbocycles. The van der Waals surface area contributed by atoms with Crippen molar-refractivity contribution in [1.29, 1.82) is 0 Å². The van der Waals surface area contributed by atoms with Gasteiger partial charge in [-0.3, -0.25) is 0 Å². The van der Waals surface area contributed by atoms with Crippen LogP contribution in [0.15, 0.2) is 36.4 Å². The largest absolute Gasteiger partial charge is 0.381 e. The number of hydrogen-bond acceptors (Lipinski definition) is 2. The Morgan fingerprint density at radius 2 is 1.83 bits per heavy atom. The van der Waals surface area contributed by atoms with E-state index in [1.165, 1.54) is 49.3 Å². The molecule has 0 bridgehead atoms. The fraction of sp³-hybridized carbons (Fsp3) is 0.500. The van der Waals surface area contributed by atoms with Gasteiger partial charge >= 0.3 is 0 Å². The highest BCUT2D eigenvalue weighted by molar-refractivity contribution is 5.55. The third-order valence-corrected chi connectivity index (χ3v) is 3.63. The molecular formula is C16H24N2. The SMILES string of the molecule is C=C(CC)CNc1ccc(N2CCCCC2)cc1. The highest BCUT2D eigenvalue weighted by Crippen LogP contribution is 2.21. The van der Waals surface area contributed by atoms with Crippen LogP contribution in [0.5, 0.6) is 0 Å². The summed E-state index contributed by atoms with van der Waals surface area (Å²) in [4.78, 5) is 2.48. The van der Waals surface area contributed by atoms with E-state index in [2.05, 4.69) is 48.0 Å². The second kappa shape index (κ2) is 6.48. The minimum atomic E-state index is 0.875. The maximum Gasteiger partial charge on any atom is 0.0367 e. The Balaban J connectivity index is 1.90. The van der Waals surface area contributed by atoms with Crippen molar-refractivity contribution in [3.05, 3.63) is 36.4 Å². The van der Waals surface area contributed by atoms with E-state index in [0.717, 1.165) is 13.0 Å². The molecule has 0 atom stereocenters. The van der Waals surface area contributed by atoms with Crippen LogP contribution in [-0.2, 0) is 0 Å². The van der Waals surface area contributed by atoms with E-state index >= 15 is 0 Å². The van der Waals surface area contributed by atoms with Crippen molar-refractivity contribution in [2.45, 2.75) is 32.6 Å². The molecule has 1 fully saturated rings. The van der Waals surface area contributed by atoms with Gasteiger partial charge in [-0.05, 0) is 49.9 Å². The Hall–Kier alpha value is -1.44. The molecule has 2 heteroatoms. The molecule has 2 nitrogen and oxygen atoms in total. The third kappa shape index (κ3) is 3.52. The van der Waals surface area contributed by atoms with Gasteiger partial charge in [0.2, 0.25) is 0 Å². The van der Waals surface area contributed by atoms with Gasteiger partial charge in [0.05, 0.1) is 0 Å². The first kappa shape index (κ1) is 13.0. The molecule has 98 valence electrons. The van der Waals surface area contributed by atoms with Gasteiger partial charge in [0.1, 0.15) is 0 Å². The highest BCUT2D eigenvalue weighted by Gasteiger charge is 2.10. The van der Waals surface area contributed by atoms with Gasteiger partial charge in [-0.15, -0.1) is 0 Å². The normalized spacial score (nSPS) is 15.5. The molecule has 0 aliphatic carbocycles. The molecule has 1 N–H and O–H groups in total. The zero-order valence-electron chi connectivity index (χ0n) is 11.4. The summed E-state index contributed by atoms with van der Waals surface area (Å²) in [6.07, 6.45) is 5.08. The van der Waals surface area contributed by atoms with Gasteiger partial charge in [0, 0.05) is 31.0 Å². The van der Waals surface area contributed by atoms with Gasteiger partial charge < -0.3 is 10.2 Å². The summed E-state index contributed by atoms with van der Waals surface area (Å²) >= 11 is 0. The van der Waals surface area contributed by atoms with Crippen LogP contribution in [-0.4, -0.2) is 19.6 Å². The molecule has 0 aromatic heterocycles. The van der Waals surface area contributed by atoms with Crippen LogP contribution in [0.3, 0.4) is 0 Å². The molecule has 2 rings (SSSR count). The molecule has 1 aliphatic rings. The lowest BCUT2D eigenvalue weighted by Gasteiger charge is -2.28. The minimum Gasteiger partial charge on any atom is -0.381 e. The summed E-state index contributed by atoms with van der Waals surface area (Å²) in [6, 6.07) is 8.80. The number of nitrogens with zero attached hydrogens (tertiary/aromatic N) is 1. The average molecular weight is 244 g/mol. The van der Waals surface area contributed by atoms with Crippen molar-refractivity contribution < 1.29 is 0 Å². The Labute approximate surface area is 111 Å². The molecule has 0 unspecified atom stereocenters. The average Bonchev–Trinajstić information content (AvgIpc) is 2.46. The fourth-order valence-electron chi connectivity index (χ4n) is 2.29. The van der Waals surface area contributed by atoms with Crippen molar-refractivity contribution in [2.24, 2.45) is 0 Å². The van der Waals surface area contributed by atoms with Crippen molar-refractivity contribution in [3.63, 3.8) is 0 Å². The van der Waals surface area contributed by atoms with Crippen LogP contribution in [0.1, 0.15) is 32.6 Å². The number of benzene rings is 1. The predicted octanol–water partition coefficient (Wildman–Crippen LogP) is 4.06. The number of anilines is 2. The Bertz CT molecular complexity index is 375. The first-order valence-electron chi connectivity index (χ1n) is 7.05. The van der Waals surface area contributed by atoms with E-state index in [9.17, 15) is 0 Å². The predicted molar refractivity (Wildman–Crippen MR) is 80.4 cm³/mol. The van der Waals surface area contributed by atoms with Gasteiger partial charge in [0.25, 0.3) is 0 Å².